The molecule has 3 aromatic rings. The van der Waals surface area contributed by atoms with Crippen molar-refractivity contribution in [3.63, 3.8) is 0 Å². The fourth-order valence-electron chi connectivity index (χ4n) is 2.43. The van der Waals surface area contributed by atoms with Gasteiger partial charge >= 0.3 is 0 Å². The quantitative estimate of drug-likeness (QED) is 0.552. The van der Waals surface area contributed by atoms with E-state index in [9.17, 15) is 13.2 Å². The number of halogens is 2. The van der Waals surface area contributed by atoms with Gasteiger partial charge in [-0.15, -0.1) is 0 Å². The van der Waals surface area contributed by atoms with Crippen LogP contribution in [0.4, 0.5) is 11.5 Å². The van der Waals surface area contributed by atoms with Crippen LogP contribution in [0.2, 0.25) is 5.02 Å². The SMILES string of the molecule is CC(=O)Nc1ccc(S(=O)(=O)Nc2nn(Cc3ccc(Cl)cc3)cc2Br)cc1. The molecule has 0 fully saturated rings. The van der Waals surface area contributed by atoms with E-state index in [4.69, 9.17) is 11.6 Å². The van der Waals surface area contributed by atoms with Crippen LogP contribution in [0.15, 0.2) is 64.1 Å². The summed E-state index contributed by atoms with van der Waals surface area (Å²) in [6, 6.07) is 13.2. The van der Waals surface area contributed by atoms with Gasteiger partial charge in [0.2, 0.25) is 5.91 Å². The molecule has 0 atom stereocenters. The van der Waals surface area contributed by atoms with Gasteiger partial charge in [0.05, 0.1) is 15.9 Å². The van der Waals surface area contributed by atoms with Crippen LogP contribution in [0.1, 0.15) is 12.5 Å². The van der Waals surface area contributed by atoms with E-state index < -0.39 is 10.0 Å². The standard InChI is InChI=1S/C18H16BrClN4O3S/c1-12(25)21-15-6-8-16(9-7-15)28(26,27)23-18-17(19)11-24(22-18)10-13-2-4-14(20)5-3-13/h2-9,11H,10H2,1H3,(H,21,25)(H,22,23). The molecule has 0 saturated carbocycles. The number of benzene rings is 2. The normalized spacial score (nSPS) is 11.2. The van der Waals surface area contributed by atoms with Crippen molar-refractivity contribution in [2.75, 3.05) is 10.0 Å². The van der Waals surface area contributed by atoms with Crippen molar-refractivity contribution in [3.8, 4) is 0 Å². The Bertz CT molecular complexity index is 1100. The number of anilines is 2. The second-order valence-corrected chi connectivity index (χ2v) is 8.93. The van der Waals surface area contributed by atoms with Gasteiger partial charge in [-0.1, -0.05) is 23.7 Å². The van der Waals surface area contributed by atoms with Crippen molar-refractivity contribution in [1.82, 2.24) is 9.78 Å². The molecule has 7 nitrogen and oxygen atoms in total. The molecule has 0 unspecified atom stereocenters. The molecule has 146 valence electrons. The molecule has 0 aliphatic carbocycles. The van der Waals surface area contributed by atoms with E-state index in [1.54, 1.807) is 23.0 Å². The summed E-state index contributed by atoms with van der Waals surface area (Å²) in [7, 11) is -3.83. The van der Waals surface area contributed by atoms with Crippen molar-refractivity contribution in [1.29, 1.82) is 0 Å². The molecule has 1 amide bonds. The zero-order chi connectivity index (χ0) is 20.3. The van der Waals surface area contributed by atoms with Crippen molar-refractivity contribution >= 4 is 55.0 Å². The summed E-state index contributed by atoms with van der Waals surface area (Å²) in [5.41, 5.74) is 1.49. The second kappa shape index (κ2) is 8.34. The smallest absolute Gasteiger partial charge is 0.263 e. The summed E-state index contributed by atoms with van der Waals surface area (Å²) in [6.45, 7) is 1.84. The van der Waals surface area contributed by atoms with E-state index in [0.717, 1.165) is 5.56 Å². The highest BCUT2D eigenvalue weighted by Crippen LogP contribution is 2.24. The van der Waals surface area contributed by atoms with Crippen LogP contribution >= 0.6 is 27.5 Å². The Kier molecular flexibility index (Phi) is 6.07. The van der Waals surface area contributed by atoms with Crippen molar-refractivity contribution in [2.45, 2.75) is 18.4 Å². The molecule has 0 bridgehead atoms. The fourth-order valence-corrected chi connectivity index (χ4v) is 4.12. The molecular weight excluding hydrogens is 468 g/mol. The average Bonchev–Trinajstić information content (AvgIpc) is 2.95. The number of aromatic nitrogens is 2. The van der Waals surface area contributed by atoms with E-state index in [2.05, 4.69) is 31.1 Å². The van der Waals surface area contributed by atoms with Crippen LogP contribution in [0.25, 0.3) is 0 Å². The number of carbonyl (C=O) groups excluding carboxylic acids is 1. The molecule has 0 spiro atoms. The minimum atomic E-state index is -3.83. The zero-order valence-corrected chi connectivity index (χ0v) is 17.8. The van der Waals surface area contributed by atoms with Gasteiger partial charge in [0.25, 0.3) is 10.0 Å². The van der Waals surface area contributed by atoms with E-state index in [0.29, 0.717) is 21.7 Å². The van der Waals surface area contributed by atoms with E-state index in [1.807, 2.05) is 12.1 Å². The molecule has 0 aliphatic heterocycles. The number of rotatable bonds is 6. The van der Waals surface area contributed by atoms with Crippen molar-refractivity contribution in [3.05, 3.63) is 69.8 Å². The van der Waals surface area contributed by atoms with Gasteiger partial charge in [0, 0.05) is 23.8 Å². The Hall–Kier alpha value is -2.36. The Balaban J connectivity index is 1.76. The van der Waals surface area contributed by atoms with Gasteiger partial charge in [-0.2, -0.15) is 5.10 Å². The summed E-state index contributed by atoms with van der Waals surface area (Å²) in [4.78, 5) is 11.1. The number of hydrogen-bond donors (Lipinski definition) is 2. The molecule has 0 saturated heterocycles. The molecular formula is C18H16BrClN4O3S. The fraction of sp³-hybridized carbons (Fsp3) is 0.111. The highest BCUT2D eigenvalue weighted by molar-refractivity contribution is 9.10. The Labute approximate surface area is 175 Å². The van der Waals surface area contributed by atoms with Crippen LogP contribution < -0.4 is 10.0 Å². The molecule has 3 rings (SSSR count). The predicted molar refractivity (Wildman–Crippen MR) is 112 cm³/mol. The number of nitrogens with one attached hydrogen (secondary N) is 2. The maximum atomic E-state index is 12.6. The van der Waals surface area contributed by atoms with E-state index in [-0.39, 0.29) is 16.6 Å². The minimum absolute atomic E-state index is 0.0563. The maximum absolute atomic E-state index is 12.6. The number of sulfonamides is 1. The van der Waals surface area contributed by atoms with Gasteiger partial charge in [0.1, 0.15) is 0 Å². The topological polar surface area (TPSA) is 93.1 Å². The van der Waals surface area contributed by atoms with E-state index >= 15 is 0 Å². The van der Waals surface area contributed by atoms with Gasteiger partial charge in [-0.25, -0.2) is 8.42 Å². The van der Waals surface area contributed by atoms with Gasteiger partial charge in [-0.05, 0) is 57.9 Å². The lowest BCUT2D eigenvalue weighted by atomic mass is 10.2. The number of amides is 1. The first-order chi connectivity index (χ1) is 13.2. The summed E-state index contributed by atoms with van der Waals surface area (Å²) in [5, 5.41) is 7.51. The molecule has 10 heteroatoms. The highest BCUT2D eigenvalue weighted by Gasteiger charge is 2.18. The van der Waals surface area contributed by atoms with Gasteiger partial charge < -0.3 is 5.32 Å². The van der Waals surface area contributed by atoms with Crippen molar-refractivity contribution < 1.29 is 13.2 Å². The molecule has 0 aliphatic rings. The molecule has 2 aromatic carbocycles. The first kappa shape index (κ1) is 20.4. The Morgan fingerprint density at radius 3 is 2.39 bits per heavy atom. The average molecular weight is 484 g/mol. The monoisotopic (exact) mass is 482 g/mol. The van der Waals surface area contributed by atoms with Crippen LogP contribution in [0.5, 0.6) is 0 Å². The first-order valence-corrected chi connectivity index (χ1v) is 10.8. The largest absolute Gasteiger partial charge is 0.326 e. The number of hydrogen-bond acceptors (Lipinski definition) is 4. The molecule has 28 heavy (non-hydrogen) atoms. The Morgan fingerprint density at radius 2 is 1.79 bits per heavy atom. The van der Waals surface area contributed by atoms with Crippen LogP contribution in [0.3, 0.4) is 0 Å². The summed E-state index contributed by atoms with van der Waals surface area (Å²) < 4.78 is 29.8. The lowest BCUT2D eigenvalue weighted by molar-refractivity contribution is -0.114. The summed E-state index contributed by atoms with van der Waals surface area (Å²) in [6.07, 6.45) is 1.69. The minimum Gasteiger partial charge on any atom is -0.326 e. The third-order valence-corrected chi connectivity index (χ3v) is 5.88. The van der Waals surface area contributed by atoms with Crippen molar-refractivity contribution in [2.24, 2.45) is 0 Å². The lowest BCUT2D eigenvalue weighted by Gasteiger charge is -2.07. The lowest BCUT2D eigenvalue weighted by Crippen LogP contribution is -2.14. The summed E-state index contributed by atoms with van der Waals surface area (Å²) in [5.74, 6) is -0.0520. The third-order valence-electron chi connectivity index (χ3n) is 3.69. The van der Waals surface area contributed by atoms with Gasteiger partial charge in [-0.3, -0.25) is 14.2 Å². The molecule has 0 radical (unpaired) electrons. The van der Waals surface area contributed by atoms with Crippen LogP contribution in [-0.2, 0) is 21.4 Å². The second-order valence-electron chi connectivity index (χ2n) is 5.96. The predicted octanol–water partition coefficient (Wildman–Crippen LogP) is 4.11. The van der Waals surface area contributed by atoms with E-state index in [1.165, 1.54) is 31.2 Å². The zero-order valence-electron chi connectivity index (χ0n) is 14.7. The molecule has 1 aromatic heterocycles. The number of carbonyl (C=O) groups is 1. The number of nitrogens with zero attached hydrogens (tertiary/aromatic N) is 2. The van der Waals surface area contributed by atoms with Crippen LogP contribution in [0, 0.1) is 0 Å². The first-order valence-electron chi connectivity index (χ1n) is 8.11. The maximum Gasteiger partial charge on any atom is 0.263 e. The molecule has 1 heterocycles. The summed E-state index contributed by atoms with van der Waals surface area (Å²) >= 11 is 9.21. The Morgan fingerprint density at radius 1 is 1.14 bits per heavy atom. The van der Waals surface area contributed by atoms with Crippen LogP contribution in [-0.4, -0.2) is 24.1 Å². The van der Waals surface area contributed by atoms with Gasteiger partial charge in [0.15, 0.2) is 5.82 Å². The molecule has 2 N–H and O–H groups in total. The highest BCUT2D eigenvalue weighted by atomic mass is 79.9. The third kappa shape index (κ3) is 5.12.